The molecule has 1 N–H and O–H groups in total. The van der Waals surface area contributed by atoms with Crippen LogP contribution in [0.15, 0.2) is 53.6 Å². The van der Waals surface area contributed by atoms with Gasteiger partial charge in [-0.25, -0.2) is 0 Å². The van der Waals surface area contributed by atoms with Crippen LogP contribution < -0.4 is 10.5 Å². The number of para-hydroxylation sites is 1. The fraction of sp³-hybridized carbons (Fsp3) is 0.391. The highest BCUT2D eigenvalue weighted by Gasteiger charge is 2.20. The largest absolute Gasteiger partial charge is 0.368 e. The van der Waals surface area contributed by atoms with Gasteiger partial charge in [0.1, 0.15) is 0 Å². The van der Waals surface area contributed by atoms with Gasteiger partial charge in [0.15, 0.2) is 4.77 Å². The van der Waals surface area contributed by atoms with Crippen LogP contribution in [0.3, 0.4) is 0 Å². The number of piperazine rings is 1. The first kappa shape index (κ1) is 21.2. The maximum atomic E-state index is 12.7. The zero-order valence-electron chi connectivity index (χ0n) is 17.5. The minimum absolute atomic E-state index is 0.0532. The van der Waals surface area contributed by atoms with Gasteiger partial charge in [0, 0.05) is 57.2 Å². The number of benzene rings is 1. The Hall–Kier alpha value is -3.00. The molecule has 31 heavy (non-hydrogen) atoms. The summed E-state index contributed by atoms with van der Waals surface area (Å²) in [7, 11) is 0. The average Bonchev–Trinajstić information content (AvgIpc) is 2.81. The van der Waals surface area contributed by atoms with Gasteiger partial charge in [-0.2, -0.15) is 0 Å². The standard InChI is InChI=1S/C23H27N5O2S/c29-21(27-16-14-26(15-17-27)18-9-11-24-12-10-18)8-2-1-5-13-28-22(30)19-6-3-4-7-20(19)25-23(28)31/h3-4,6-7,9-12H,1-2,5,8,13-17H2,(H,25,31). The topological polar surface area (TPSA) is 74.2 Å². The molecule has 0 aliphatic carbocycles. The molecule has 0 spiro atoms. The van der Waals surface area contributed by atoms with Gasteiger partial charge in [-0.15, -0.1) is 0 Å². The summed E-state index contributed by atoms with van der Waals surface area (Å²) in [4.78, 5) is 36.6. The molecule has 2 aromatic heterocycles. The Bertz CT molecular complexity index is 1150. The second kappa shape index (κ2) is 9.87. The smallest absolute Gasteiger partial charge is 0.262 e. The van der Waals surface area contributed by atoms with Gasteiger partial charge in [0.25, 0.3) is 5.56 Å². The Morgan fingerprint density at radius 1 is 1.00 bits per heavy atom. The number of carbonyl (C=O) groups excluding carboxylic acids is 1. The Labute approximate surface area is 186 Å². The molecule has 7 nitrogen and oxygen atoms in total. The molecule has 0 saturated carbocycles. The zero-order chi connectivity index (χ0) is 21.6. The van der Waals surface area contributed by atoms with E-state index in [4.69, 9.17) is 12.2 Å². The van der Waals surface area contributed by atoms with Crippen LogP contribution >= 0.6 is 12.2 Å². The van der Waals surface area contributed by atoms with Crippen molar-refractivity contribution >= 4 is 34.7 Å². The molecule has 1 fully saturated rings. The molecule has 162 valence electrons. The van der Waals surface area contributed by atoms with Crippen LogP contribution in [-0.2, 0) is 11.3 Å². The van der Waals surface area contributed by atoms with Crippen molar-refractivity contribution in [3.05, 3.63) is 63.9 Å². The summed E-state index contributed by atoms with van der Waals surface area (Å²) in [6.07, 6.45) is 6.67. The predicted octanol–water partition coefficient (Wildman–Crippen LogP) is 3.36. The van der Waals surface area contributed by atoms with E-state index < -0.39 is 0 Å². The lowest BCUT2D eigenvalue weighted by atomic mass is 10.1. The van der Waals surface area contributed by atoms with E-state index in [0.29, 0.717) is 23.1 Å². The van der Waals surface area contributed by atoms with Gasteiger partial charge in [0.2, 0.25) is 5.91 Å². The lowest BCUT2D eigenvalue weighted by Gasteiger charge is -2.36. The van der Waals surface area contributed by atoms with E-state index in [9.17, 15) is 9.59 Å². The second-order valence-corrected chi connectivity index (χ2v) is 8.20. The number of nitrogens with zero attached hydrogens (tertiary/aromatic N) is 4. The number of anilines is 1. The molecule has 0 unspecified atom stereocenters. The number of aromatic nitrogens is 3. The van der Waals surface area contributed by atoms with Crippen molar-refractivity contribution in [1.29, 1.82) is 0 Å². The third-order valence-electron chi connectivity index (χ3n) is 5.82. The number of hydrogen-bond acceptors (Lipinski definition) is 5. The fourth-order valence-electron chi connectivity index (χ4n) is 4.05. The van der Waals surface area contributed by atoms with Crippen molar-refractivity contribution < 1.29 is 4.79 Å². The highest BCUT2D eigenvalue weighted by atomic mass is 32.1. The molecule has 0 atom stereocenters. The SMILES string of the molecule is O=C(CCCCCn1c(=S)[nH]c2ccccc2c1=O)N1CCN(c2ccncc2)CC1. The first-order valence-electron chi connectivity index (χ1n) is 10.8. The molecule has 1 amide bonds. The Kier molecular flexibility index (Phi) is 6.76. The van der Waals surface area contributed by atoms with E-state index >= 15 is 0 Å². The number of nitrogens with one attached hydrogen (secondary N) is 1. The van der Waals surface area contributed by atoms with E-state index in [1.165, 1.54) is 0 Å². The van der Waals surface area contributed by atoms with Crippen LogP contribution in [0.2, 0.25) is 0 Å². The Balaban J connectivity index is 1.21. The summed E-state index contributed by atoms with van der Waals surface area (Å²) < 4.78 is 2.07. The van der Waals surface area contributed by atoms with Gasteiger partial charge in [-0.3, -0.25) is 19.1 Å². The normalized spacial score (nSPS) is 14.2. The fourth-order valence-corrected chi connectivity index (χ4v) is 4.34. The van der Waals surface area contributed by atoms with Crippen molar-refractivity contribution in [2.24, 2.45) is 0 Å². The number of H-pyrrole nitrogens is 1. The van der Waals surface area contributed by atoms with Gasteiger partial charge < -0.3 is 14.8 Å². The van der Waals surface area contributed by atoms with Crippen LogP contribution in [0.4, 0.5) is 5.69 Å². The number of amides is 1. The third kappa shape index (κ3) is 5.02. The quantitative estimate of drug-likeness (QED) is 0.453. The van der Waals surface area contributed by atoms with Crippen molar-refractivity contribution in [3.63, 3.8) is 0 Å². The Morgan fingerprint density at radius 2 is 1.74 bits per heavy atom. The third-order valence-corrected chi connectivity index (χ3v) is 6.14. The number of aromatic amines is 1. The van der Waals surface area contributed by atoms with Crippen LogP contribution in [0.1, 0.15) is 25.7 Å². The molecule has 1 aliphatic heterocycles. The number of pyridine rings is 1. The molecule has 0 bridgehead atoms. The second-order valence-electron chi connectivity index (χ2n) is 7.82. The highest BCUT2D eigenvalue weighted by molar-refractivity contribution is 7.71. The molecule has 3 heterocycles. The van der Waals surface area contributed by atoms with Gasteiger partial charge in [-0.05, 0) is 49.3 Å². The van der Waals surface area contributed by atoms with Gasteiger partial charge >= 0.3 is 0 Å². The molecule has 3 aromatic rings. The highest BCUT2D eigenvalue weighted by Crippen LogP contribution is 2.16. The first-order chi connectivity index (χ1) is 15.1. The summed E-state index contributed by atoms with van der Waals surface area (Å²) in [5.74, 6) is 0.217. The molecule has 1 aromatic carbocycles. The number of rotatable bonds is 7. The minimum atomic E-state index is -0.0532. The van der Waals surface area contributed by atoms with Crippen molar-refractivity contribution in [3.8, 4) is 0 Å². The summed E-state index contributed by atoms with van der Waals surface area (Å²) >= 11 is 5.36. The molecule has 0 radical (unpaired) electrons. The van der Waals surface area contributed by atoms with E-state index in [0.717, 1.165) is 56.6 Å². The predicted molar refractivity (Wildman–Crippen MR) is 125 cm³/mol. The van der Waals surface area contributed by atoms with Gasteiger partial charge in [0.05, 0.1) is 10.9 Å². The number of carbonyl (C=O) groups is 1. The van der Waals surface area contributed by atoms with Crippen LogP contribution in [0.25, 0.3) is 10.9 Å². The van der Waals surface area contributed by atoms with Crippen molar-refractivity contribution in [2.75, 3.05) is 31.1 Å². The van der Waals surface area contributed by atoms with Crippen LogP contribution in [0, 0.1) is 4.77 Å². The summed E-state index contributed by atoms with van der Waals surface area (Å²) in [6, 6.07) is 11.4. The molecule has 4 rings (SSSR count). The number of fused-ring (bicyclic) bond motifs is 1. The van der Waals surface area contributed by atoms with E-state index in [2.05, 4.69) is 14.9 Å². The molecule has 1 saturated heterocycles. The summed E-state index contributed by atoms with van der Waals surface area (Å²) in [5.41, 5.74) is 1.87. The monoisotopic (exact) mass is 437 g/mol. The number of unbranched alkanes of at least 4 members (excludes halogenated alkanes) is 2. The van der Waals surface area contributed by atoms with Crippen molar-refractivity contribution in [2.45, 2.75) is 32.2 Å². The van der Waals surface area contributed by atoms with Crippen LogP contribution in [-0.4, -0.2) is 51.5 Å². The maximum Gasteiger partial charge on any atom is 0.262 e. The maximum absolute atomic E-state index is 12.7. The Morgan fingerprint density at radius 3 is 2.52 bits per heavy atom. The minimum Gasteiger partial charge on any atom is -0.368 e. The molecular weight excluding hydrogens is 410 g/mol. The van der Waals surface area contributed by atoms with E-state index in [1.807, 2.05) is 41.3 Å². The average molecular weight is 438 g/mol. The molecular formula is C23H27N5O2S. The summed E-state index contributed by atoms with van der Waals surface area (Å²) in [6.45, 7) is 3.76. The lowest BCUT2D eigenvalue weighted by Crippen LogP contribution is -2.48. The van der Waals surface area contributed by atoms with E-state index in [-0.39, 0.29) is 11.5 Å². The first-order valence-corrected chi connectivity index (χ1v) is 11.2. The summed E-state index contributed by atoms with van der Waals surface area (Å²) in [5, 5.41) is 0.650. The van der Waals surface area contributed by atoms with E-state index in [1.54, 1.807) is 17.0 Å². The van der Waals surface area contributed by atoms with Crippen LogP contribution in [0.5, 0.6) is 0 Å². The zero-order valence-corrected chi connectivity index (χ0v) is 18.3. The lowest BCUT2D eigenvalue weighted by molar-refractivity contribution is -0.131. The molecule has 1 aliphatic rings. The van der Waals surface area contributed by atoms with Gasteiger partial charge in [-0.1, -0.05) is 18.6 Å². The van der Waals surface area contributed by atoms with Crippen molar-refractivity contribution in [1.82, 2.24) is 19.4 Å². The molecule has 8 heteroatoms. The number of hydrogen-bond donors (Lipinski definition) is 1.